The van der Waals surface area contributed by atoms with Crippen LogP contribution in [0.4, 0.5) is 0 Å². The van der Waals surface area contributed by atoms with Gasteiger partial charge >= 0.3 is 0 Å². The van der Waals surface area contributed by atoms with Gasteiger partial charge in [0.2, 0.25) is 0 Å². The van der Waals surface area contributed by atoms with Crippen LogP contribution in [-0.2, 0) is 0 Å². The molecule has 2 radical (unpaired) electrons. The summed E-state index contributed by atoms with van der Waals surface area (Å²) in [4.78, 5) is 16.2. The first-order chi connectivity index (χ1) is 2.83. The normalized spacial score (nSPS) is 3.00. The van der Waals surface area contributed by atoms with Gasteiger partial charge < -0.3 is 15.9 Å². The maximum absolute atomic E-state index is 8.11. The van der Waals surface area contributed by atoms with Gasteiger partial charge in [0.15, 0.2) is 10.7 Å². The second kappa shape index (κ2) is 62.4. The largest absolute Gasteiger partial charge is 0.412 e. The molecule has 46 valence electrons. The third-order valence-electron chi connectivity index (χ3n) is 0. The molecule has 0 atom stereocenters. The summed E-state index contributed by atoms with van der Waals surface area (Å²) < 4.78 is 0. The molecule has 0 saturated carbocycles. The van der Waals surface area contributed by atoms with Crippen LogP contribution >= 0.6 is 0 Å². The Morgan fingerprint density at radius 3 is 1.00 bits per heavy atom. The summed E-state index contributed by atoms with van der Waals surface area (Å²) >= 11 is 0. The zero-order valence-corrected chi connectivity index (χ0v) is 6.02. The molecule has 0 rings (SSSR count). The van der Waals surface area contributed by atoms with E-state index in [1.807, 2.05) is 0 Å². The molecule has 8 heteroatoms. The average molecular weight is 152 g/mol. The Hall–Kier alpha value is 0.0197. The van der Waals surface area contributed by atoms with Gasteiger partial charge in [0, 0.05) is 37.7 Å². The van der Waals surface area contributed by atoms with E-state index in [9.17, 15) is 0 Å². The van der Waals surface area contributed by atoms with Gasteiger partial charge in [-0.2, -0.15) is 0 Å². The summed E-state index contributed by atoms with van der Waals surface area (Å²) in [6.07, 6.45) is 0. The molecular formula is H4CaN2O5. The van der Waals surface area contributed by atoms with Crippen molar-refractivity contribution in [3.8, 4) is 0 Å². The fourth-order valence-corrected chi connectivity index (χ4v) is 0. The molecular weight excluding hydrogens is 148 g/mol. The zero-order chi connectivity index (χ0) is 5.41. The molecule has 0 saturated heterocycles. The van der Waals surface area contributed by atoms with E-state index in [0.29, 0.717) is 0 Å². The molecule has 4 N–H and O–H groups in total. The third-order valence-corrected chi connectivity index (χ3v) is 0. The summed E-state index contributed by atoms with van der Waals surface area (Å²) in [6, 6.07) is 0. The van der Waals surface area contributed by atoms with Crippen LogP contribution in [0, 0.1) is 9.81 Å². The molecule has 7 nitrogen and oxygen atoms in total. The van der Waals surface area contributed by atoms with Crippen molar-refractivity contribution in [3.63, 3.8) is 0 Å². The quantitative estimate of drug-likeness (QED) is 0.264. The zero-order valence-electron chi connectivity index (χ0n) is 3.81. The van der Waals surface area contributed by atoms with Crippen molar-refractivity contribution in [1.29, 1.82) is 0 Å². The van der Waals surface area contributed by atoms with E-state index < -0.39 is 0 Å². The molecule has 0 aromatic carbocycles. The van der Waals surface area contributed by atoms with Gasteiger partial charge in [-0.15, -0.1) is 9.81 Å². The van der Waals surface area contributed by atoms with E-state index in [1.54, 1.807) is 0 Å². The van der Waals surface area contributed by atoms with Crippen LogP contribution in [0.15, 0.2) is 10.7 Å². The van der Waals surface area contributed by atoms with E-state index in [1.165, 1.54) is 10.7 Å². The van der Waals surface area contributed by atoms with E-state index in [-0.39, 0.29) is 43.2 Å². The van der Waals surface area contributed by atoms with Gasteiger partial charge in [0.1, 0.15) is 0 Å². The van der Waals surface area contributed by atoms with Crippen molar-refractivity contribution < 1.29 is 15.9 Å². The van der Waals surface area contributed by atoms with Crippen LogP contribution in [-0.4, -0.2) is 53.6 Å². The van der Waals surface area contributed by atoms with Gasteiger partial charge in [-0.05, 0) is 0 Å². The molecule has 0 aliphatic heterocycles. The molecule has 0 aromatic rings. The van der Waals surface area contributed by atoms with Crippen LogP contribution in [0.3, 0.4) is 0 Å². The van der Waals surface area contributed by atoms with Gasteiger partial charge in [-0.25, -0.2) is 0 Å². The number of hydrogen-bond acceptors (Lipinski definition) is 4. The van der Waals surface area contributed by atoms with Gasteiger partial charge in [0.25, 0.3) is 0 Å². The Labute approximate surface area is 73.9 Å². The molecule has 0 heterocycles. The summed E-state index contributed by atoms with van der Waals surface area (Å²) in [7, 11) is 0. The van der Waals surface area contributed by atoms with Crippen LogP contribution < -0.4 is 0 Å². The van der Waals surface area contributed by atoms with Crippen molar-refractivity contribution in [3.05, 3.63) is 9.81 Å². The van der Waals surface area contributed by atoms with Crippen LogP contribution in [0.25, 0.3) is 0 Å². The van der Waals surface area contributed by atoms with Gasteiger partial charge in [-0.3, -0.25) is 0 Å². The Morgan fingerprint density at radius 1 is 1.00 bits per heavy atom. The molecule has 8 heavy (non-hydrogen) atoms. The first-order valence-corrected chi connectivity index (χ1v) is 0.765. The van der Waals surface area contributed by atoms with Crippen LogP contribution in [0.5, 0.6) is 0 Å². The fourth-order valence-electron chi connectivity index (χ4n) is 0. The van der Waals surface area contributed by atoms with Crippen molar-refractivity contribution in [2.45, 2.75) is 0 Å². The van der Waals surface area contributed by atoms with Crippen molar-refractivity contribution in [2.24, 2.45) is 10.7 Å². The number of hydrogen-bond donors (Lipinski definition) is 2. The molecule has 0 fully saturated rings. The van der Waals surface area contributed by atoms with E-state index in [0.717, 1.165) is 0 Å². The molecule has 0 aromatic heterocycles. The molecule has 0 aliphatic rings. The second-order valence-electron chi connectivity index (χ2n) is 0.163. The Kier molecular flexibility index (Phi) is 191. The minimum absolute atomic E-state index is 0. The summed E-state index contributed by atoms with van der Waals surface area (Å²) in [5.74, 6) is 0. The fraction of sp³-hybridized carbons (Fsp3) is 0. The Balaban J connectivity index is -0.0000000160. The monoisotopic (exact) mass is 152 g/mol. The smallest absolute Gasteiger partial charge is 0.152 e. The molecule has 0 aliphatic carbocycles. The van der Waals surface area contributed by atoms with Gasteiger partial charge in [0.05, 0.1) is 0 Å². The summed E-state index contributed by atoms with van der Waals surface area (Å²) in [6.45, 7) is 0. The Bertz CT molecular complexity index is 31.4. The van der Waals surface area contributed by atoms with Crippen LogP contribution in [0.1, 0.15) is 0 Å². The maximum atomic E-state index is 8.11. The summed E-state index contributed by atoms with van der Waals surface area (Å²) in [5, 5.41) is 15.8. The number of rotatable bonds is 0. The standard InChI is InChI=1S/Ca.2HNO2.H2O/c;2*2-1-3;/h;2*(H,2,3);1H2. The molecule has 0 amide bonds. The van der Waals surface area contributed by atoms with Crippen molar-refractivity contribution in [2.75, 3.05) is 0 Å². The maximum Gasteiger partial charge on any atom is 0.152 e. The minimum atomic E-state index is 0. The second-order valence-corrected chi connectivity index (χ2v) is 0.163. The van der Waals surface area contributed by atoms with Crippen molar-refractivity contribution >= 4 is 37.7 Å². The SMILES string of the molecule is O.O=NO.O=NO.[Ca]. The topological polar surface area (TPSA) is 131 Å². The van der Waals surface area contributed by atoms with Crippen LogP contribution in [0.2, 0.25) is 0 Å². The predicted molar refractivity (Wildman–Crippen MR) is 24.5 cm³/mol. The predicted octanol–water partition coefficient (Wildman–Crippen LogP) is -0.922. The molecule has 0 unspecified atom stereocenters. The van der Waals surface area contributed by atoms with E-state index in [4.69, 9.17) is 20.2 Å². The first kappa shape index (κ1) is 24.5. The average Bonchev–Trinajstić information content (AvgIpc) is 1.39. The summed E-state index contributed by atoms with van der Waals surface area (Å²) in [5.41, 5.74) is 0. The number of nitrogens with zero attached hydrogens (tertiary/aromatic N) is 2. The van der Waals surface area contributed by atoms with Crippen molar-refractivity contribution in [1.82, 2.24) is 0 Å². The van der Waals surface area contributed by atoms with Gasteiger partial charge in [-0.1, -0.05) is 0 Å². The minimum Gasteiger partial charge on any atom is -0.412 e. The Morgan fingerprint density at radius 2 is 1.00 bits per heavy atom. The molecule has 0 spiro atoms. The third kappa shape index (κ3) is 389000. The van der Waals surface area contributed by atoms with E-state index in [2.05, 4.69) is 0 Å². The van der Waals surface area contributed by atoms with E-state index >= 15 is 0 Å². The first-order valence-electron chi connectivity index (χ1n) is 0.765. The molecule has 0 bridgehead atoms.